The highest BCUT2D eigenvalue weighted by Crippen LogP contribution is 2.27. The monoisotopic (exact) mass is 421 g/mol. The molecular weight excluding hydrogens is 374 g/mol. The minimum Gasteiger partial charge on any atom is -0.381 e. The molecule has 0 N–H and O–H groups in total. The maximum Gasteiger partial charge on any atom is 0.0645 e. The molecule has 0 aliphatic carbocycles. The van der Waals surface area contributed by atoms with Gasteiger partial charge in [0.15, 0.2) is 0 Å². The van der Waals surface area contributed by atoms with Crippen LogP contribution in [-0.4, -0.2) is 51.1 Å². The van der Waals surface area contributed by atoms with Gasteiger partial charge in [0.2, 0.25) is 0 Å². The molecule has 0 radical (unpaired) electrons. The van der Waals surface area contributed by atoms with Crippen molar-refractivity contribution >= 4 is 0 Å². The van der Waals surface area contributed by atoms with E-state index in [1.807, 2.05) is 0 Å². The molecule has 1 aliphatic heterocycles. The molecular formula is C26H47NO3. The molecule has 0 aromatic carbocycles. The van der Waals surface area contributed by atoms with E-state index in [0.717, 1.165) is 91.1 Å². The Kier molecular flexibility index (Phi) is 16.7. The van der Waals surface area contributed by atoms with E-state index in [2.05, 4.69) is 31.6 Å². The van der Waals surface area contributed by atoms with Crippen LogP contribution in [0.15, 0.2) is 36.7 Å². The Morgan fingerprint density at radius 2 is 1.07 bits per heavy atom. The van der Waals surface area contributed by atoms with Crippen LogP contribution in [0, 0.1) is 0 Å². The van der Waals surface area contributed by atoms with Crippen LogP contribution in [0.5, 0.6) is 0 Å². The number of ether oxygens (including phenoxy) is 3. The fraction of sp³-hybridized carbons (Fsp3) is 0.769. The average Bonchev–Trinajstić information content (AvgIpc) is 3.04. The highest BCUT2D eigenvalue weighted by molar-refractivity contribution is 5.15. The van der Waals surface area contributed by atoms with E-state index >= 15 is 0 Å². The molecule has 0 unspecified atom stereocenters. The standard InChI is InChI=1S/C26H47NO3/c1-24(2)14-8-5-9-18-28-19-10-6-11-20-29-21-12-7-13-22-30-23-17-27-25(3)15-16-26(27)4/h1,3-23H2,2H3. The summed E-state index contributed by atoms with van der Waals surface area (Å²) >= 11 is 0. The lowest BCUT2D eigenvalue weighted by Gasteiger charge is -2.20. The molecule has 30 heavy (non-hydrogen) atoms. The Balaban J connectivity index is 1.69. The maximum absolute atomic E-state index is 5.74. The van der Waals surface area contributed by atoms with Crippen LogP contribution >= 0.6 is 0 Å². The van der Waals surface area contributed by atoms with Crippen molar-refractivity contribution in [3.8, 4) is 0 Å². The molecule has 0 amide bonds. The third kappa shape index (κ3) is 14.8. The van der Waals surface area contributed by atoms with E-state index in [4.69, 9.17) is 14.2 Å². The van der Waals surface area contributed by atoms with Crippen LogP contribution < -0.4 is 0 Å². The summed E-state index contributed by atoms with van der Waals surface area (Å²) in [5, 5.41) is 0. The Morgan fingerprint density at radius 3 is 1.50 bits per heavy atom. The zero-order chi connectivity index (χ0) is 21.9. The first-order valence-corrected chi connectivity index (χ1v) is 12.1. The van der Waals surface area contributed by atoms with Gasteiger partial charge in [0.1, 0.15) is 0 Å². The molecule has 0 bridgehead atoms. The van der Waals surface area contributed by atoms with Crippen LogP contribution in [0.1, 0.15) is 84.0 Å². The first kappa shape index (κ1) is 26.9. The van der Waals surface area contributed by atoms with Gasteiger partial charge in [-0.05, 0) is 77.6 Å². The molecule has 0 aromatic heterocycles. The van der Waals surface area contributed by atoms with E-state index in [1.165, 1.54) is 49.1 Å². The van der Waals surface area contributed by atoms with Crippen molar-refractivity contribution in [2.75, 3.05) is 46.2 Å². The highest BCUT2D eigenvalue weighted by atomic mass is 16.5. The second kappa shape index (κ2) is 18.7. The molecule has 4 heteroatoms. The number of allylic oxidation sites excluding steroid dienone is 3. The SMILES string of the molecule is C=C(C)CCCCCOCCCCCOCCCCCOCCN1C(=C)CCC1=C. The fourth-order valence-electron chi connectivity index (χ4n) is 3.54. The second-order valence-electron chi connectivity index (χ2n) is 8.51. The van der Waals surface area contributed by atoms with Gasteiger partial charge in [0.25, 0.3) is 0 Å². The molecule has 1 fully saturated rings. The van der Waals surface area contributed by atoms with Crippen molar-refractivity contribution in [2.24, 2.45) is 0 Å². The van der Waals surface area contributed by atoms with E-state index < -0.39 is 0 Å². The molecule has 1 heterocycles. The van der Waals surface area contributed by atoms with Crippen molar-refractivity contribution in [1.29, 1.82) is 0 Å². The zero-order valence-electron chi connectivity index (χ0n) is 19.7. The summed E-state index contributed by atoms with van der Waals surface area (Å²) in [6.45, 7) is 20.2. The summed E-state index contributed by atoms with van der Waals surface area (Å²) < 4.78 is 17.2. The van der Waals surface area contributed by atoms with E-state index in [1.54, 1.807) is 0 Å². The van der Waals surface area contributed by atoms with Gasteiger partial charge in [0, 0.05) is 51.0 Å². The number of nitrogens with zero attached hydrogens (tertiary/aromatic N) is 1. The van der Waals surface area contributed by atoms with Crippen molar-refractivity contribution in [1.82, 2.24) is 4.90 Å². The van der Waals surface area contributed by atoms with Crippen LogP contribution in [0.3, 0.4) is 0 Å². The predicted octanol–water partition coefficient (Wildman–Crippen LogP) is 6.64. The summed E-state index contributed by atoms with van der Waals surface area (Å²) in [6.07, 6.45) is 13.8. The zero-order valence-corrected chi connectivity index (χ0v) is 19.7. The van der Waals surface area contributed by atoms with E-state index in [0.29, 0.717) is 0 Å². The maximum atomic E-state index is 5.74. The predicted molar refractivity (Wildman–Crippen MR) is 128 cm³/mol. The van der Waals surface area contributed by atoms with Crippen LogP contribution in [0.2, 0.25) is 0 Å². The Labute approximate surface area is 186 Å². The van der Waals surface area contributed by atoms with Gasteiger partial charge in [-0.2, -0.15) is 0 Å². The number of rotatable bonds is 21. The lowest BCUT2D eigenvalue weighted by atomic mass is 10.1. The van der Waals surface area contributed by atoms with Gasteiger partial charge >= 0.3 is 0 Å². The van der Waals surface area contributed by atoms with Crippen molar-refractivity contribution < 1.29 is 14.2 Å². The van der Waals surface area contributed by atoms with Gasteiger partial charge in [-0.1, -0.05) is 25.2 Å². The summed E-state index contributed by atoms with van der Waals surface area (Å²) in [7, 11) is 0. The van der Waals surface area contributed by atoms with Gasteiger partial charge < -0.3 is 19.1 Å². The van der Waals surface area contributed by atoms with Gasteiger partial charge in [-0.3, -0.25) is 0 Å². The summed E-state index contributed by atoms with van der Waals surface area (Å²) in [5.41, 5.74) is 3.64. The summed E-state index contributed by atoms with van der Waals surface area (Å²) in [5.74, 6) is 0. The first-order valence-electron chi connectivity index (χ1n) is 12.1. The van der Waals surface area contributed by atoms with Crippen molar-refractivity contribution in [2.45, 2.75) is 84.0 Å². The second-order valence-corrected chi connectivity index (χ2v) is 8.51. The van der Waals surface area contributed by atoms with Gasteiger partial charge in [-0.15, -0.1) is 6.58 Å². The molecule has 1 rings (SSSR count). The van der Waals surface area contributed by atoms with E-state index in [9.17, 15) is 0 Å². The largest absolute Gasteiger partial charge is 0.381 e. The summed E-state index contributed by atoms with van der Waals surface area (Å²) in [6, 6.07) is 0. The minimum atomic E-state index is 0.757. The van der Waals surface area contributed by atoms with Gasteiger partial charge in [0.05, 0.1) is 6.61 Å². The normalized spacial score (nSPS) is 14.1. The lowest BCUT2D eigenvalue weighted by molar-refractivity contribution is 0.103. The Hall–Kier alpha value is -1.10. The molecule has 1 aliphatic rings. The van der Waals surface area contributed by atoms with Crippen LogP contribution in [-0.2, 0) is 14.2 Å². The number of hydrogen-bond acceptors (Lipinski definition) is 4. The molecule has 174 valence electrons. The molecule has 0 aromatic rings. The summed E-state index contributed by atoms with van der Waals surface area (Å²) in [4.78, 5) is 2.20. The minimum absolute atomic E-state index is 0.757. The Bertz CT molecular complexity index is 459. The van der Waals surface area contributed by atoms with Crippen molar-refractivity contribution in [3.05, 3.63) is 36.7 Å². The Morgan fingerprint density at radius 1 is 0.667 bits per heavy atom. The van der Waals surface area contributed by atoms with Crippen LogP contribution in [0.25, 0.3) is 0 Å². The quantitative estimate of drug-likeness (QED) is 0.154. The molecule has 4 nitrogen and oxygen atoms in total. The molecule has 1 saturated heterocycles. The molecule has 0 spiro atoms. The van der Waals surface area contributed by atoms with Crippen LogP contribution in [0.4, 0.5) is 0 Å². The topological polar surface area (TPSA) is 30.9 Å². The number of likely N-dealkylation sites (tertiary alicyclic amines) is 1. The average molecular weight is 422 g/mol. The first-order chi connectivity index (χ1) is 14.6. The smallest absolute Gasteiger partial charge is 0.0645 e. The van der Waals surface area contributed by atoms with Gasteiger partial charge in [-0.25, -0.2) is 0 Å². The van der Waals surface area contributed by atoms with E-state index in [-0.39, 0.29) is 0 Å². The highest BCUT2D eigenvalue weighted by Gasteiger charge is 2.18. The molecule has 0 saturated carbocycles. The number of hydrogen-bond donors (Lipinski definition) is 0. The molecule has 0 atom stereocenters. The number of unbranched alkanes of at least 4 members (excludes halogenated alkanes) is 6. The van der Waals surface area contributed by atoms with Crippen molar-refractivity contribution in [3.63, 3.8) is 0 Å². The third-order valence-corrected chi connectivity index (χ3v) is 5.47. The third-order valence-electron chi connectivity index (χ3n) is 5.47. The lowest BCUT2D eigenvalue weighted by Crippen LogP contribution is -2.21. The fourth-order valence-corrected chi connectivity index (χ4v) is 3.54.